The molecule has 0 saturated carbocycles. The molecule has 4 amide bonds. The monoisotopic (exact) mass is 380 g/mol. The van der Waals surface area contributed by atoms with Gasteiger partial charge in [0.1, 0.15) is 11.3 Å². The van der Waals surface area contributed by atoms with Crippen LogP contribution in [-0.4, -0.2) is 55.8 Å². The van der Waals surface area contributed by atoms with E-state index in [0.29, 0.717) is 18.6 Å². The number of nitrogens with zero attached hydrogens (tertiary/aromatic N) is 1. The molecule has 26 heavy (non-hydrogen) atoms. The second kappa shape index (κ2) is 5.68. The van der Waals surface area contributed by atoms with Gasteiger partial charge in [-0.2, -0.15) is 4.31 Å². The van der Waals surface area contributed by atoms with Gasteiger partial charge in [-0.15, -0.1) is 0 Å². The quantitative estimate of drug-likeness (QED) is 0.586. The van der Waals surface area contributed by atoms with Crippen LogP contribution in [0, 0.1) is 0 Å². The number of imide groups is 1. The van der Waals surface area contributed by atoms with Gasteiger partial charge in [0.05, 0.1) is 10.6 Å². The summed E-state index contributed by atoms with van der Waals surface area (Å²) < 4.78 is 32.4. The Kier molecular flexibility index (Phi) is 3.66. The molecular weight excluding hydrogens is 364 g/mol. The maximum atomic E-state index is 13.0. The van der Waals surface area contributed by atoms with Crippen LogP contribution in [0.5, 0.6) is 5.75 Å². The van der Waals surface area contributed by atoms with Crippen molar-refractivity contribution in [1.82, 2.24) is 14.9 Å². The molecule has 3 N–H and O–H groups in total. The lowest BCUT2D eigenvalue weighted by atomic mass is 9.90. The number of hydrogen-bond acceptors (Lipinski definition) is 6. The zero-order valence-electron chi connectivity index (χ0n) is 13.6. The highest BCUT2D eigenvalue weighted by Crippen LogP contribution is 2.33. The third kappa shape index (κ3) is 2.59. The number of ether oxygens (including phenoxy) is 1. The second-order valence-corrected chi connectivity index (χ2v) is 8.37. The summed E-state index contributed by atoms with van der Waals surface area (Å²) in [5.74, 6) is -0.496. The number of carbonyl (C=O) groups excluding carboxylic acids is 3. The average Bonchev–Trinajstić information content (AvgIpc) is 2.87. The van der Waals surface area contributed by atoms with E-state index in [1.54, 1.807) is 0 Å². The van der Waals surface area contributed by atoms with Crippen molar-refractivity contribution in [3.05, 3.63) is 18.2 Å². The van der Waals surface area contributed by atoms with Crippen molar-refractivity contribution in [2.45, 2.75) is 23.3 Å². The Hall–Kier alpha value is -2.66. The molecule has 1 unspecified atom stereocenters. The zero-order valence-corrected chi connectivity index (χ0v) is 14.4. The number of urea groups is 1. The minimum Gasteiger partial charge on any atom is -0.482 e. The van der Waals surface area contributed by atoms with Crippen LogP contribution in [0.2, 0.25) is 0 Å². The number of hydrogen-bond donors (Lipinski definition) is 3. The molecule has 3 heterocycles. The Morgan fingerprint density at radius 3 is 2.69 bits per heavy atom. The Labute approximate surface area is 148 Å². The largest absolute Gasteiger partial charge is 0.482 e. The van der Waals surface area contributed by atoms with Crippen molar-refractivity contribution < 1.29 is 27.5 Å². The lowest BCUT2D eigenvalue weighted by molar-refractivity contribution is -0.125. The smallest absolute Gasteiger partial charge is 0.322 e. The maximum absolute atomic E-state index is 13.0. The van der Waals surface area contributed by atoms with Gasteiger partial charge in [0, 0.05) is 13.1 Å². The molecule has 1 spiro atoms. The molecule has 0 aliphatic carbocycles. The third-order valence-corrected chi connectivity index (χ3v) is 6.53. The molecule has 2 saturated heterocycles. The van der Waals surface area contributed by atoms with E-state index in [0.717, 1.165) is 0 Å². The molecule has 2 fully saturated rings. The van der Waals surface area contributed by atoms with E-state index < -0.39 is 27.5 Å². The molecule has 1 aromatic carbocycles. The molecule has 138 valence electrons. The van der Waals surface area contributed by atoms with Crippen LogP contribution in [0.3, 0.4) is 0 Å². The zero-order chi connectivity index (χ0) is 18.5. The summed E-state index contributed by atoms with van der Waals surface area (Å²) in [7, 11) is -3.92. The topological polar surface area (TPSA) is 134 Å². The van der Waals surface area contributed by atoms with E-state index in [1.807, 2.05) is 0 Å². The molecule has 3 aliphatic rings. The predicted octanol–water partition coefficient (Wildman–Crippen LogP) is -0.620. The Morgan fingerprint density at radius 1 is 1.15 bits per heavy atom. The summed E-state index contributed by atoms with van der Waals surface area (Å²) in [6.45, 7) is -0.0391. The van der Waals surface area contributed by atoms with Crippen molar-refractivity contribution >= 4 is 33.6 Å². The molecule has 0 radical (unpaired) electrons. The molecule has 0 aromatic heterocycles. The number of sulfonamides is 1. The van der Waals surface area contributed by atoms with Crippen molar-refractivity contribution in [3.8, 4) is 5.75 Å². The number of fused-ring (bicyclic) bond motifs is 1. The van der Waals surface area contributed by atoms with Gasteiger partial charge < -0.3 is 15.4 Å². The third-order valence-electron chi connectivity index (χ3n) is 4.69. The standard InChI is InChI=1S/C15H16N4O6S/c20-12-7-25-11-3-2-9(6-10(11)16-12)26(23,24)19-5-1-4-15(8-19)13(21)17-14(22)18-15/h2-3,6H,1,4-5,7-8H2,(H,16,20)(H2,17,18,21,22). The summed E-state index contributed by atoms with van der Waals surface area (Å²) in [6.07, 6.45) is 0.794. The highest BCUT2D eigenvalue weighted by Gasteiger charge is 2.50. The lowest BCUT2D eigenvalue weighted by Crippen LogP contribution is -2.59. The number of amides is 4. The predicted molar refractivity (Wildman–Crippen MR) is 88.0 cm³/mol. The highest BCUT2D eigenvalue weighted by molar-refractivity contribution is 7.89. The van der Waals surface area contributed by atoms with E-state index in [9.17, 15) is 22.8 Å². The SMILES string of the molecule is O=C1COc2ccc(S(=O)(=O)N3CCCC4(C3)NC(=O)NC4=O)cc2N1. The number of piperidine rings is 1. The maximum Gasteiger partial charge on any atom is 0.322 e. The van der Waals surface area contributed by atoms with Gasteiger partial charge in [-0.1, -0.05) is 0 Å². The summed E-state index contributed by atoms with van der Waals surface area (Å²) >= 11 is 0. The first-order valence-electron chi connectivity index (χ1n) is 8.01. The number of anilines is 1. The minimum atomic E-state index is -3.92. The van der Waals surface area contributed by atoms with Gasteiger partial charge in [-0.3, -0.25) is 14.9 Å². The molecule has 3 aliphatic heterocycles. The van der Waals surface area contributed by atoms with Gasteiger partial charge in [0.15, 0.2) is 6.61 Å². The van der Waals surface area contributed by atoms with Crippen LogP contribution in [0.1, 0.15) is 12.8 Å². The van der Waals surface area contributed by atoms with Gasteiger partial charge in [-0.25, -0.2) is 13.2 Å². The molecule has 10 nitrogen and oxygen atoms in total. The van der Waals surface area contributed by atoms with E-state index >= 15 is 0 Å². The first kappa shape index (κ1) is 16.8. The summed E-state index contributed by atoms with van der Waals surface area (Å²) in [4.78, 5) is 35.0. The van der Waals surface area contributed by atoms with Crippen LogP contribution in [0.4, 0.5) is 10.5 Å². The molecule has 11 heteroatoms. The molecule has 0 bridgehead atoms. The van der Waals surface area contributed by atoms with Crippen LogP contribution < -0.4 is 20.7 Å². The summed E-state index contributed by atoms with van der Waals surface area (Å²) in [5.41, 5.74) is -0.963. The fraction of sp³-hybridized carbons (Fsp3) is 0.400. The normalized spacial score (nSPS) is 25.9. The second-order valence-electron chi connectivity index (χ2n) is 6.43. The number of benzene rings is 1. The Balaban J connectivity index is 1.64. The molecule has 4 rings (SSSR count). The van der Waals surface area contributed by atoms with E-state index in [2.05, 4.69) is 16.0 Å². The highest BCUT2D eigenvalue weighted by atomic mass is 32.2. The van der Waals surface area contributed by atoms with E-state index in [-0.39, 0.29) is 36.2 Å². The number of nitrogens with one attached hydrogen (secondary N) is 3. The first-order valence-corrected chi connectivity index (χ1v) is 9.45. The van der Waals surface area contributed by atoms with Crippen LogP contribution in [0.25, 0.3) is 0 Å². The van der Waals surface area contributed by atoms with Gasteiger partial charge >= 0.3 is 6.03 Å². The van der Waals surface area contributed by atoms with Crippen LogP contribution in [0.15, 0.2) is 23.1 Å². The van der Waals surface area contributed by atoms with Crippen molar-refractivity contribution in [2.24, 2.45) is 0 Å². The van der Waals surface area contributed by atoms with Gasteiger partial charge in [0.25, 0.3) is 11.8 Å². The van der Waals surface area contributed by atoms with Gasteiger partial charge in [0.2, 0.25) is 10.0 Å². The lowest BCUT2D eigenvalue weighted by Gasteiger charge is -2.37. The van der Waals surface area contributed by atoms with E-state index in [1.165, 1.54) is 22.5 Å². The first-order chi connectivity index (χ1) is 12.3. The van der Waals surface area contributed by atoms with E-state index in [4.69, 9.17) is 4.74 Å². The minimum absolute atomic E-state index is 0.0242. The fourth-order valence-electron chi connectivity index (χ4n) is 3.41. The summed E-state index contributed by atoms with van der Waals surface area (Å²) in [6, 6.07) is 3.57. The molecular formula is C15H16N4O6S. The number of carbonyl (C=O) groups is 3. The number of rotatable bonds is 2. The Bertz CT molecular complexity index is 930. The van der Waals surface area contributed by atoms with Gasteiger partial charge in [-0.05, 0) is 31.0 Å². The summed E-state index contributed by atoms with van der Waals surface area (Å²) in [5, 5.41) is 7.27. The van der Waals surface area contributed by atoms with Crippen LogP contribution >= 0.6 is 0 Å². The molecule has 1 aromatic rings. The Morgan fingerprint density at radius 2 is 1.96 bits per heavy atom. The van der Waals surface area contributed by atoms with Crippen molar-refractivity contribution in [3.63, 3.8) is 0 Å². The van der Waals surface area contributed by atoms with Crippen molar-refractivity contribution in [2.75, 3.05) is 25.0 Å². The van der Waals surface area contributed by atoms with Crippen molar-refractivity contribution in [1.29, 1.82) is 0 Å². The van der Waals surface area contributed by atoms with Crippen LogP contribution in [-0.2, 0) is 19.6 Å². The molecule has 1 atom stereocenters. The average molecular weight is 380 g/mol. The fourth-order valence-corrected chi connectivity index (χ4v) is 4.97.